The Morgan fingerprint density at radius 1 is 1.39 bits per heavy atom. The lowest BCUT2D eigenvalue weighted by Gasteiger charge is -1.98. The molecule has 94 valence electrons. The molecule has 0 saturated carbocycles. The Bertz CT molecular complexity index is 539. The van der Waals surface area contributed by atoms with Gasteiger partial charge >= 0.3 is 0 Å². The van der Waals surface area contributed by atoms with Crippen molar-refractivity contribution in [3.63, 3.8) is 0 Å². The number of carbonyl (C=O) groups is 1. The number of halogens is 1. The van der Waals surface area contributed by atoms with Crippen LogP contribution in [0, 0.1) is 5.82 Å². The second kappa shape index (κ2) is 5.70. The number of benzene rings is 1. The minimum Gasteiger partial charge on any atom is -0.322 e. The summed E-state index contributed by atoms with van der Waals surface area (Å²) < 4.78 is 12.7. The third-order valence-electron chi connectivity index (χ3n) is 2.28. The van der Waals surface area contributed by atoms with E-state index in [-0.39, 0.29) is 18.3 Å². The Balaban J connectivity index is 2.02. The minimum atomic E-state index is -0.266. The van der Waals surface area contributed by atoms with Gasteiger partial charge < -0.3 is 11.1 Å². The van der Waals surface area contributed by atoms with Crippen LogP contribution in [0.5, 0.6) is 0 Å². The fourth-order valence-corrected chi connectivity index (χ4v) is 2.15. The van der Waals surface area contributed by atoms with Crippen LogP contribution in [0.3, 0.4) is 0 Å². The Hall–Kier alpha value is -1.79. The van der Waals surface area contributed by atoms with Crippen molar-refractivity contribution in [2.24, 2.45) is 5.73 Å². The van der Waals surface area contributed by atoms with E-state index in [0.717, 1.165) is 11.3 Å². The fraction of sp³-hybridized carbons (Fsp3) is 0.167. The van der Waals surface area contributed by atoms with Crippen molar-refractivity contribution in [1.29, 1.82) is 0 Å². The summed E-state index contributed by atoms with van der Waals surface area (Å²) in [5, 5.41) is 4.98. The van der Waals surface area contributed by atoms with Crippen LogP contribution in [0.2, 0.25) is 0 Å². The van der Waals surface area contributed by atoms with Crippen LogP contribution in [-0.4, -0.2) is 17.4 Å². The number of aromatic nitrogens is 1. The summed E-state index contributed by atoms with van der Waals surface area (Å²) in [6, 6.07) is 6.26. The fourth-order valence-electron chi connectivity index (χ4n) is 1.43. The van der Waals surface area contributed by atoms with Crippen LogP contribution in [0.15, 0.2) is 29.6 Å². The van der Waals surface area contributed by atoms with Crippen molar-refractivity contribution < 1.29 is 9.18 Å². The third kappa shape index (κ3) is 3.35. The van der Waals surface area contributed by atoms with Gasteiger partial charge in [0.25, 0.3) is 0 Å². The molecular formula is C12H12FN3OS. The highest BCUT2D eigenvalue weighted by atomic mass is 32.1. The summed E-state index contributed by atoms with van der Waals surface area (Å²) >= 11 is 1.34. The lowest BCUT2D eigenvalue weighted by Crippen LogP contribution is -2.21. The van der Waals surface area contributed by atoms with Crippen LogP contribution in [0.1, 0.15) is 11.3 Å². The number of hydrogen-bond donors (Lipinski definition) is 2. The zero-order valence-corrected chi connectivity index (χ0v) is 10.3. The second-order valence-electron chi connectivity index (χ2n) is 3.70. The van der Waals surface area contributed by atoms with Gasteiger partial charge in [0.1, 0.15) is 5.82 Å². The van der Waals surface area contributed by atoms with Gasteiger partial charge in [-0.1, -0.05) is 12.1 Å². The lowest BCUT2D eigenvalue weighted by molar-refractivity contribution is -0.114. The van der Waals surface area contributed by atoms with E-state index in [9.17, 15) is 9.18 Å². The highest BCUT2D eigenvalue weighted by molar-refractivity contribution is 7.13. The van der Waals surface area contributed by atoms with Crippen molar-refractivity contribution >= 4 is 22.4 Å². The molecule has 0 radical (unpaired) electrons. The van der Waals surface area contributed by atoms with Gasteiger partial charge in [-0.05, 0) is 17.7 Å². The van der Waals surface area contributed by atoms with Crippen LogP contribution in [-0.2, 0) is 11.2 Å². The topological polar surface area (TPSA) is 68.0 Å². The number of nitrogens with two attached hydrogens (primary N) is 1. The number of hydrogen-bond acceptors (Lipinski definition) is 4. The molecule has 18 heavy (non-hydrogen) atoms. The molecule has 0 atom stereocenters. The molecule has 1 aromatic carbocycles. The number of anilines is 1. The van der Waals surface area contributed by atoms with E-state index < -0.39 is 0 Å². The van der Waals surface area contributed by atoms with Gasteiger partial charge in [-0.3, -0.25) is 4.79 Å². The standard InChI is InChI=1S/C12H12FN3OS/c13-9-3-1-8(2-4-9)5-10-7-18-12(15-10)16-11(17)6-14/h1-4,7H,5-6,14H2,(H,15,16,17). The van der Waals surface area contributed by atoms with E-state index >= 15 is 0 Å². The molecule has 0 fully saturated rings. The predicted octanol–water partition coefficient (Wildman–Crippen LogP) is 1.77. The molecule has 3 N–H and O–H groups in total. The van der Waals surface area contributed by atoms with Crippen molar-refractivity contribution in [3.8, 4) is 0 Å². The first-order chi connectivity index (χ1) is 8.67. The third-order valence-corrected chi connectivity index (χ3v) is 3.09. The average molecular weight is 265 g/mol. The van der Waals surface area contributed by atoms with E-state index in [4.69, 9.17) is 5.73 Å². The quantitative estimate of drug-likeness (QED) is 0.885. The molecule has 0 aliphatic rings. The highest BCUT2D eigenvalue weighted by Crippen LogP contribution is 2.18. The van der Waals surface area contributed by atoms with Gasteiger partial charge in [-0.25, -0.2) is 9.37 Å². The van der Waals surface area contributed by atoms with Gasteiger partial charge in [-0.15, -0.1) is 11.3 Å². The van der Waals surface area contributed by atoms with Crippen molar-refractivity contribution in [1.82, 2.24) is 4.98 Å². The molecule has 2 rings (SSSR count). The Morgan fingerprint density at radius 2 is 2.11 bits per heavy atom. The Morgan fingerprint density at radius 3 is 2.78 bits per heavy atom. The summed E-state index contributed by atoms with van der Waals surface area (Å²) in [5.41, 5.74) is 7.00. The van der Waals surface area contributed by atoms with E-state index in [2.05, 4.69) is 10.3 Å². The highest BCUT2D eigenvalue weighted by Gasteiger charge is 2.05. The Labute approximate surface area is 108 Å². The smallest absolute Gasteiger partial charge is 0.239 e. The molecule has 1 heterocycles. The molecule has 1 aromatic heterocycles. The number of nitrogens with one attached hydrogen (secondary N) is 1. The predicted molar refractivity (Wildman–Crippen MR) is 69.0 cm³/mol. The van der Waals surface area contributed by atoms with E-state index in [0.29, 0.717) is 11.6 Å². The van der Waals surface area contributed by atoms with Gasteiger partial charge in [0.05, 0.1) is 12.2 Å². The number of amides is 1. The Kier molecular flexibility index (Phi) is 4.01. The zero-order chi connectivity index (χ0) is 13.0. The minimum absolute atomic E-state index is 0.0626. The second-order valence-corrected chi connectivity index (χ2v) is 4.56. The van der Waals surface area contributed by atoms with Crippen molar-refractivity contribution in [3.05, 3.63) is 46.7 Å². The molecule has 1 amide bonds. The molecule has 0 spiro atoms. The lowest BCUT2D eigenvalue weighted by atomic mass is 10.1. The van der Waals surface area contributed by atoms with Gasteiger partial charge in [0.2, 0.25) is 5.91 Å². The van der Waals surface area contributed by atoms with Crippen molar-refractivity contribution in [2.45, 2.75) is 6.42 Å². The molecule has 0 aliphatic heterocycles. The molecule has 0 aliphatic carbocycles. The molecule has 0 unspecified atom stereocenters. The molecule has 4 nitrogen and oxygen atoms in total. The van der Waals surface area contributed by atoms with Crippen molar-refractivity contribution in [2.75, 3.05) is 11.9 Å². The summed E-state index contributed by atoms with van der Waals surface area (Å²) in [5.74, 6) is -0.523. The normalized spacial score (nSPS) is 10.3. The van der Waals surface area contributed by atoms with Gasteiger partial charge in [0, 0.05) is 11.8 Å². The van der Waals surface area contributed by atoms with E-state index in [1.54, 1.807) is 12.1 Å². The van der Waals surface area contributed by atoms with Crippen LogP contribution < -0.4 is 11.1 Å². The van der Waals surface area contributed by atoms with Gasteiger partial charge in [0.15, 0.2) is 5.13 Å². The molecule has 2 aromatic rings. The molecule has 0 saturated heterocycles. The number of nitrogens with zero attached hydrogens (tertiary/aromatic N) is 1. The molecule has 6 heteroatoms. The number of rotatable bonds is 4. The summed E-state index contributed by atoms with van der Waals surface area (Å²) in [6.45, 7) is -0.0626. The zero-order valence-electron chi connectivity index (χ0n) is 9.52. The maximum Gasteiger partial charge on any atom is 0.239 e. The van der Waals surface area contributed by atoms with Gasteiger partial charge in [-0.2, -0.15) is 0 Å². The van der Waals surface area contributed by atoms with E-state index in [1.807, 2.05) is 5.38 Å². The summed E-state index contributed by atoms with van der Waals surface area (Å²) in [6.07, 6.45) is 0.606. The molecule has 0 bridgehead atoms. The number of carbonyl (C=O) groups excluding carboxylic acids is 1. The SMILES string of the molecule is NCC(=O)Nc1nc(Cc2ccc(F)cc2)cs1. The summed E-state index contributed by atoms with van der Waals surface area (Å²) in [4.78, 5) is 15.3. The number of thiazole rings is 1. The largest absolute Gasteiger partial charge is 0.322 e. The first-order valence-corrected chi connectivity index (χ1v) is 6.24. The van der Waals surface area contributed by atoms with Crippen LogP contribution >= 0.6 is 11.3 Å². The maximum atomic E-state index is 12.7. The first kappa shape index (κ1) is 12.7. The maximum absolute atomic E-state index is 12.7. The van der Waals surface area contributed by atoms with Crippen LogP contribution in [0.25, 0.3) is 0 Å². The molecular weight excluding hydrogens is 253 g/mol. The monoisotopic (exact) mass is 265 g/mol. The summed E-state index contributed by atoms with van der Waals surface area (Å²) in [7, 11) is 0. The average Bonchev–Trinajstić information content (AvgIpc) is 2.79. The first-order valence-electron chi connectivity index (χ1n) is 5.36. The van der Waals surface area contributed by atoms with Crippen LogP contribution in [0.4, 0.5) is 9.52 Å². The van der Waals surface area contributed by atoms with E-state index in [1.165, 1.54) is 23.5 Å².